The summed E-state index contributed by atoms with van der Waals surface area (Å²) in [5.74, 6) is -0.734. The van der Waals surface area contributed by atoms with Gasteiger partial charge in [-0.25, -0.2) is 4.79 Å². The van der Waals surface area contributed by atoms with Crippen LogP contribution >= 0.6 is 0 Å². The summed E-state index contributed by atoms with van der Waals surface area (Å²) in [6.45, 7) is 4.46. The van der Waals surface area contributed by atoms with Crippen molar-refractivity contribution >= 4 is 11.7 Å². The summed E-state index contributed by atoms with van der Waals surface area (Å²) in [6, 6.07) is 17.0. The monoisotopic (exact) mass is 389 g/mol. The van der Waals surface area contributed by atoms with Crippen molar-refractivity contribution in [3.8, 4) is 16.9 Å². The van der Waals surface area contributed by atoms with Crippen LogP contribution in [0.25, 0.3) is 11.1 Å². The van der Waals surface area contributed by atoms with E-state index in [9.17, 15) is 9.90 Å². The van der Waals surface area contributed by atoms with Gasteiger partial charge in [0, 0.05) is 50.2 Å². The van der Waals surface area contributed by atoms with Gasteiger partial charge in [-0.15, -0.1) is 0 Å². The number of carbonyl (C=O) groups is 1. The summed E-state index contributed by atoms with van der Waals surface area (Å²) in [7, 11) is 0. The minimum absolute atomic E-state index is 0.167. The van der Waals surface area contributed by atoms with Crippen LogP contribution in [-0.2, 0) is 6.54 Å². The number of nitrogens with zero attached hydrogens (tertiary/aromatic N) is 3. The van der Waals surface area contributed by atoms with Gasteiger partial charge in [0.25, 0.3) is 0 Å². The molecule has 0 atom stereocenters. The molecule has 4 rings (SSSR count). The molecule has 1 aliphatic heterocycles. The van der Waals surface area contributed by atoms with E-state index in [1.165, 1.54) is 11.8 Å². The minimum Gasteiger partial charge on any atom is -0.506 e. The molecule has 0 spiro atoms. The Morgan fingerprint density at radius 2 is 1.69 bits per heavy atom. The lowest BCUT2D eigenvalue weighted by Crippen LogP contribution is -2.46. The summed E-state index contributed by atoms with van der Waals surface area (Å²) in [5.41, 5.74) is 4.57. The maximum Gasteiger partial charge on any atom is 0.335 e. The third kappa shape index (κ3) is 4.38. The van der Waals surface area contributed by atoms with E-state index in [0.717, 1.165) is 49.5 Å². The highest BCUT2D eigenvalue weighted by atomic mass is 16.4. The van der Waals surface area contributed by atoms with E-state index >= 15 is 0 Å². The van der Waals surface area contributed by atoms with Crippen LogP contribution in [0.15, 0.2) is 67.0 Å². The predicted octanol–water partition coefficient (Wildman–Crippen LogP) is 3.47. The van der Waals surface area contributed by atoms with E-state index in [4.69, 9.17) is 5.11 Å². The van der Waals surface area contributed by atoms with Crippen molar-refractivity contribution in [1.82, 2.24) is 9.88 Å². The number of carboxylic acid groups (broad SMARTS) is 1. The average molecular weight is 389 g/mol. The Morgan fingerprint density at radius 1 is 0.966 bits per heavy atom. The number of rotatable bonds is 5. The predicted molar refractivity (Wildman–Crippen MR) is 112 cm³/mol. The Morgan fingerprint density at radius 3 is 2.38 bits per heavy atom. The third-order valence-electron chi connectivity index (χ3n) is 5.30. The van der Waals surface area contributed by atoms with Gasteiger partial charge < -0.3 is 15.1 Å². The Labute approximate surface area is 169 Å². The van der Waals surface area contributed by atoms with E-state index in [1.54, 1.807) is 24.4 Å². The molecule has 0 bridgehead atoms. The summed E-state index contributed by atoms with van der Waals surface area (Å²) in [6.07, 6.45) is 3.21. The zero-order valence-electron chi connectivity index (χ0n) is 16.0. The van der Waals surface area contributed by atoms with Gasteiger partial charge in [-0.2, -0.15) is 0 Å². The van der Waals surface area contributed by atoms with E-state index < -0.39 is 5.97 Å². The van der Waals surface area contributed by atoms with E-state index in [2.05, 4.69) is 26.9 Å². The number of aromatic carboxylic acids is 1. The molecule has 3 aromatic rings. The molecule has 0 amide bonds. The number of hydrogen-bond donors (Lipinski definition) is 2. The van der Waals surface area contributed by atoms with E-state index in [-0.39, 0.29) is 5.75 Å². The average Bonchev–Trinajstić information content (AvgIpc) is 2.75. The van der Waals surface area contributed by atoms with Crippen molar-refractivity contribution in [1.29, 1.82) is 0 Å². The van der Waals surface area contributed by atoms with Crippen LogP contribution in [-0.4, -0.2) is 52.2 Å². The fourth-order valence-electron chi connectivity index (χ4n) is 3.73. The van der Waals surface area contributed by atoms with Crippen LogP contribution in [0.1, 0.15) is 15.9 Å². The quantitative estimate of drug-likeness (QED) is 0.696. The first-order valence-corrected chi connectivity index (χ1v) is 9.63. The Hall–Kier alpha value is -3.38. The van der Waals surface area contributed by atoms with Crippen LogP contribution in [0.5, 0.6) is 5.75 Å². The summed E-state index contributed by atoms with van der Waals surface area (Å²) < 4.78 is 0. The van der Waals surface area contributed by atoms with Crippen LogP contribution < -0.4 is 4.90 Å². The highest BCUT2D eigenvalue weighted by Crippen LogP contribution is 2.27. The van der Waals surface area contributed by atoms with Gasteiger partial charge in [-0.05, 0) is 41.5 Å². The zero-order valence-corrected chi connectivity index (χ0v) is 16.0. The molecule has 1 fully saturated rings. The molecule has 0 saturated carbocycles. The number of anilines is 1. The van der Waals surface area contributed by atoms with Crippen LogP contribution in [0.2, 0.25) is 0 Å². The Bertz CT molecular complexity index is 996. The molecule has 1 aliphatic rings. The Kier molecular flexibility index (Phi) is 5.44. The molecule has 0 aliphatic carbocycles. The first-order valence-electron chi connectivity index (χ1n) is 9.63. The molecule has 6 heteroatoms. The van der Waals surface area contributed by atoms with E-state index in [0.29, 0.717) is 5.56 Å². The first-order chi connectivity index (χ1) is 14.1. The number of piperazine rings is 1. The van der Waals surface area contributed by atoms with Crippen molar-refractivity contribution in [3.63, 3.8) is 0 Å². The second-order valence-corrected chi connectivity index (χ2v) is 7.20. The maximum absolute atomic E-state index is 11.0. The molecule has 2 N–H and O–H groups in total. The van der Waals surface area contributed by atoms with Gasteiger partial charge in [0.15, 0.2) is 0 Å². The largest absolute Gasteiger partial charge is 0.506 e. The topological polar surface area (TPSA) is 76.9 Å². The highest BCUT2D eigenvalue weighted by Gasteiger charge is 2.19. The molecule has 2 heterocycles. The lowest BCUT2D eigenvalue weighted by molar-refractivity contribution is 0.0697. The number of hydrogen-bond acceptors (Lipinski definition) is 5. The van der Waals surface area contributed by atoms with Gasteiger partial charge in [-0.3, -0.25) is 9.88 Å². The third-order valence-corrected chi connectivity index (χ3v) is 5.30. The summed E-state index contributed by atoms with van der Waals surface area (Å²) in [5, 5.41) is 18.8. The number of benzene rings is 2. The lowest BCUT2D eigenvalue weighted by atomic mass is 10.0. The molecule has 0 unspecified atom stereocenters. The fraction of sp³-hybridized carbons (Fsp3) is 0.217. The molecule has 6 nitrogen and oxygen atoms in total. The number of carboxylic acids is 1. The number of pyridine rings is 1. The molecule has 1 aromatic heterocycles. The van der Waals surface area contributed by atoms with Crippen molar-refractivity contribution < 1.29 is 15.0 Å². The molecular weight excluding hydrogens is 366 g/mol. The molecule has 0 radical (unpaired) electrons. The molecule has 148 valence electrons. The molecule has 29 heavy (non-hydrogen) atoms. The van der Waals surface area contributed by atoms with Crippen LogP contribution in [0, 0.1) is 0 Å². The summed E-state index contributed by atoms with van der Waals surface area (Å²) >= 11 is 0. The van der Waals surface area contributed by atoms with Gasteiger partial charge in [-0.1, -0.05) is 24.3 Å². The van der Waals surface area contributed by atoms with Crippen LogP contribution in [0.4, 0.5) is 5.69 Å². The highest BCUT2D eigenvalue weighted by molar-refractivity contribution is 5.88. The van der Waals surface area contributed by atoms with Gasteiger partial charge in [0.1, 0.15) is 5.75 Å². The molecule has 1 saturated heterocycles. The van der Waals surface area contributed by atoms with Crippen molar-refractivity contribution in [2.45, 2.75) is 6.54 Å². The van der Waals surface area contributed by atoms with Crippen molar-refractivity contribution in [3.05, 3.63) is 78.1 Å². The van der Waals surface area contributed by atoms with Gasteiger partial charge in [0.05, 0.1) is 11.8 Å². The standard InChI is InChI=1S/C23H23N3O3/c27-21-13-19(14-24-15-21)22-4-2-1-3-18(22)16-25-9-11-26(12-10-25)20-7-5-17(6-8-20)23(28)29/h1-8,13-15,27H,9-12,16H2,(H,28,29). The number of aromatic hydroxyl groups is 1. The zero-order chi connectivity index (χ0) is 20.2. The molecular formula is C23H23N3O3. The van der Waals surface area contributed by atoms with Gasteiger partial charge in [0.2, 0.25) is 0 Å². The number of aromatic nitrogens is 1. The van der Waals surface area contributed by atoms with Crippen LogP contribution in [0.3, 0.4) is 0 Å². The molecule has 2 aromatic carbocycles. The van der Waals surface area contributed by atoms with Crippen molar-refractivity contribution in [2.24, 2.45) is 0 Å². The summed E-state index contributed by atoms with van der Waals surface area (Å²) in [4.78, 5) is 19.8. The first kappa shape index (κ1) is 19.0. The van der Waals surface area contributed by atoms with Gasteiger partial charge >= 0.3 is 5.97 Å². The fourth-order valence-corrected chi connectivity index (χ4v) is 3.73. The second-order valence-electron chi connectivity index (χ2n) is 7.20. The normalized spacial score (nSPS) is 14.7. The van der Waals surface area contributed by atoms with Crippen molar-refractivity contribution in [2.75, 3.05) is 31.1 Å². The maximum atomic E-state index is 11.0. The smallest absolute Gasteiger partial charge is 0.335 e. The minimum atomic E-state index is -0.901. The Balaban J connectivity index is 1.42. The SMILES string of the molecule is O=C(O)c1ccc(N2CCN(Cc3ccccc3-c3cncc(O)c3)CC2)cc1. The lowest BCUT2D eigenvalue weighted by Gasteiger charge is -2.36. The second kappa shape index (κ2) is 8.32. The van der Waals surface area contributed by atoms with E-state index in [1.807, 2.05) is 24.3 Å².